The van der Waals surface area contributed by atoms with Crippen LogP contribution in [0.25, 0.3) is 0 Å². The van der Waals surface area contributed by atoms with Crippen molar-refractivity contribution in [3.8, 4) is 0 Å². The molecule has 0 aliphatic carbocycles. The molecule has 0 radical (unpaired) electrons. The summed E-state index contributed by atoms with van der Waals surface area (Å²) < 4.78 is 0. The highest BCUT2D eigenvalue weighted by atomic mass is 32.1. The molecule has 0 bridgehead atoms. The maximum absolute atomic E-state index is 10.8. The van der Waals surface area contributed by atoms with E-state index in [9.17, 15) is 14.9 Å². The van der Waals surface area contributed by atoms with Crippen LogP contribution in [0.4, 0.5) is 5.69 Å². The second kappa shape index (κ2) is 6.27. The molecular weight excluding hydrogens is 280 g/mol. The molecule has 0 atom stereocenters. The predicted molar refractivity (Wildman–Crippen MR) is 74.9 cm³/mol. The van der Waals surface area contributed by atoms with Crippen LogP contribution >= 0.6 is 11.3 Å². The predicted octanol–water partition coefficient (Wildman–Crippen LogP) is 2.64. The molecule has 20 heavy (non-hydrogen) atoms. The lowest BCUT2D eigenvalue weighted by atomic mass is 10.2. The number of aromatic carboxylic acids is 1. The summed E-state index contributed by atoms with van der Waals surface area (Å²) in [5.74, 6) is -0.944. The monoisotopic (exact) mass is 292 g/mol. The Labute approximate surface area is 118 Å². The average molecular weight is 292 g/mol. The maximum atomic E-state index is 10.8. The van der Waals surface area contributed by atoms with Gasteiger partial charge in [0.15, 0.2) is 0 Å². The second-order valence-corrected chi connectivity index (χ2v) is 5.23. The van der Waals surface area contributed by atoms with Gasteiger partial charge in [0.2, 0.25) is 0 Å². The van der Waals surface area contributed by atoms with Gasteiger partial charge in [0.1, 0.15) is 4.88 Å². The molecule has 0 unspecified atom stereocenters. The highest BCUT2D eigenvalue weighted by Crippen LogP contribution is 2.19. The van der Waals surface area contributed by atoms with E-state index in [-0.39, 0.29) is 10.6 Å². The first-order valence-electron chi connectivity index (χ1n) is 5.83. The van der Waals surface area contributed by atoms with Crippen molar-refractivity contribution in [2.45, 2.75) is 13.1 Å². The molecule has 1 aromatic carbocycles. The van der Waals surface area contributed by atoms with Gasteiger partial charge in [0.25, 0.3) is 5.69 Å². The summed E-state index contributed by atoms with van der Waals surface area (Å²) in [6.07, 6.45) is 0. The van der Waals surface area contributed by atoms with Crippen LogP contribution in [0.15, 0.2) is 36.4 Å². The fourth-order valence-electron chi connectivity index (χ4n) is 1.75. The summed E-state index contributed by atoms with van der Waals surface area (Å²) in [6, 6.07) is 9.82. The molecule has 0 aliphatic heterocycles. The van der Waals surface area contributed by atoms with Gasteiger partial charge >= 0.3 is 5.97 Å². The van der Waals surface area contributed by atoms with E-state index in [1.165, 1.54) is 17.4 Å². The number of nitro benzene ring substituents is 1. The molecule has 6 nitrogen and oxygen atoms in total. The minimum Gasteiger partial charge on any atom is -0.477 e. The Bertz CT molecular complexity index is 639. The number of carboxylic acid groups (broad SMARTS) is 1. The van der Waals surface area contributed by atoms with Crippen LogP contribution in [0, 0.1) is 10.1 Å². The third-order valence-electron chi connectivity index (χ3n) is 2.68. The number of para-hydroxylation sites is 1. The standard InChI is InChI=1S/C13H12N2O4S/c16-13(17)12-6-5-10(20-12)8-14-7-9-3-1-2-4-11(9)15(18)19/h1-6,14H,7-8H2,(H,16,17). The van der Waals surface area contributed by atoms with Crippen molar-refractivity contribution >= 4 is 23.0 Å². The molecule has 0 saturated heterocycles. The minimum atomic E-state index is -0.944. The van der Waals surface area contributed by atoms with Gasteiger partial charge in [-0.05, 0) is 12.1 Å². The Morgan fingerprint density at radius 3 is 2.65 bits per heavy atom. The molecule has 1 heterocycles. The lowest BCUT2D eigenvalue weighted by molar-refractivity contribution is -0.385. The van der Waals surface area contributed by atoms with Crippen molar-refractivity contribution in [2.24, 2.45) is 0 Å². The van der Waals surface area contributed by atoms with E-state index in [1.807, 2.05) is 0 Å². The zero-order chi connectivity index (χ0) is 14.5. The molecule has 0 spiro atoms. The van der Waals surface area contributed by atoms with Crippen LogP contribution in [0.2, 0.25) is 0 Å². The first-order valence-corrected chi connectivity index (χ1v) is 6.64. The largest absolute Gasteiger partial charge is 0.477 e. The lowest BCUT2D eigenvalue weighted by Crippen LogP contribution is -2.12. The second-order valence-electron chi connectivity index (χ2n) is 4.06. The van der Waals surface area contributed by atoms with E-state index in [0.29, 0.717) is 18.7 Å². The summed E-state index contributed by atoms with van der Waals surface area (Å²) in [6.45, 7) is 0.835. The van der Waals surface area contributed by atoms with Gasteiger partial charge in [0.05, 0.1) is 4.92 Å². The van der Waals surface area contributed by atoms with Crippen LogP contribution in [-0.4, -0.2) is 16.0 Å². The first-order chi connectivity index (χ1) is 9.58. The summed E-state index contributed by atoms with van der Waals surface area (Å²) >= 11 is 1.19. The maximum Gasteiger partial charge on any atom is 0.345 e. The molecule has 1 aromatic heterocycles. The molecular formula is C13H12N2O4S. The Balaban J connectivity index is 1.96. The lowest BCUT2D eigenvalue weighted by Gasteiger charge is -2.04. The van der Waals surface area contributed by atoms with E-state index >= 15 is 0 Å². The highest BCUT2D eigenvalue weighted by Gasteiger charge is 2.12. The Kier molecular flexibility index (Phi) is 4.44. The fraction of sp³-hybridized carbons (Fsp3) is 0.154. The molecule has 2 aromatic rings. The SMILES string of the molecule is O=C(O)c1ccc(CNCc2ccccc2[N+](=O)[O-])s1. The van der Waals surface area contributed by atoms with E-state index in [4.69, 9.17) is 5.11 Å². The van der Waals surface area contributed by atoms with Crippen LogP contribution in [0.1, 0.15) is 20.1 Å². The number of rotatable bonds is 6. The zero-order valence-electron chi connectivity index (χ0n) is 10.4. The van der Waals surface area contributed by atoms with Gasteiger partial charge in [-0.15, -0.1) is 11.3 Å². The molecule has 0 fully saturated rings. The van der Waals surface area contributed by atoms with Gasteiger partial charge in [-0.25, -0.2) is 4.79 Å². The quantitative estimate of drug-likeness (QED) is 0.630. The van der Waals surface area contributed by atoms with Gasteiger partial charge in [-0.1, -0.05) is 18.2 Å². The normalized spacial score (nSPS) is 10.4. The van der Waals surface area contributed by atoms with E-state index < -0.39 is 10.9 Å². The summed E-state index contributed by atoms with van der Waals surface area (Å²) in [4.78, 5) is 22.3. The number of nitrogens with one attached hydrogen (secondary N) is 1. The summed E-state index contributed by atoms with van der Waals surface area (Å²) in [7, 11) is 0. The van der Waals surface area contributed by atoms with Crippen molar-refractivity contribution in [1.29, 1.82) is 0 Å². The van der Waals surface area contributed by atoms with Gasteiger partial charge < -0.3 is 10.4 Å². The first kappa shape index (κ1) is 14.2. The van der Waals surface area contributed by atoms with Gasteiger partial charge in [-0.3, -0.25) is 10.1 Å². The van der Waals surface area contributed by atoms with Crippen LogP contribution in [-0.2, 0) is 13.1 Å². The number of nitrogens with zero attached hydrogens (tertiary/aromatic N) is 1. The number of nitro groups is 1. The van der Waals surface area contributed by atoms with Crippen molar-refractivity contribution in [3.05, 3.63) is 61.8 Å². The highest BCUT2D eigenvalue weighted by molar-refractivity contribution is 7.13. The van der Waals surface area contributed by atoms with E-state index in [2.05, 4.69) is 5.32 Å². The minimum absolute atomic E-state index is 0.0809. The average Bonchev–Trinajstić information content (AvgIpc) is 2.88. The Hall–Kier alpha value is -2.25. The Morgan fingerprint density at radius 1 is 1.25 bits per heavy atom. The molecule has 2 N–H and O–H groups in total. The van der Waals surface area contributed by atoms with Crippen LogP contribution in [0.5, 0.6) is 0 Å². The number of thiophene rings is 1. The summed E-state index contributed by atoms with van der Waals surface area (Å²) in [5, 5.41) is 22.7. The fourth-order valence-corrected chi connectivity index (χ4v) is 2.56. The molecule has 7 heteroatoms. The van der Waals surface area contributed by atoms with Crippen LogP contribution < -0.4 is 5.32 Å². The summed E-state index contributed by atoms with van der Waals surface area (Å²) in [5.41, 5.74) is 0.685. The Morgan fingerprint density at radius 2 is 2.00 bits per heavy atom. The van der Waals surface area contributed by atoms with Crippen molar-refractivity contribution in [3.63, 3.8) is 0 Å². The van der Waals surface area contributed by atoms with Crippen LogP contribution in [0.3, 0.4) is 0 Å². The van der Waals surface area contributed by atoms with Gasteiger partial charge in [-0.2, -0.15) is 0 Å². The third-order valence-corrected chi connectivity index (χ3v) is 3.75. The van der Waals surface area contributed by atoms with Crippen molar-refractivity contribution < 1.29 is 14.8 Å². The topological polar surface area (TPSA) is 92.5 Å². The number of benzene rings is 1. The van der Waals surface area contributed by atoms with E-state index in [1.54, 1.807) is 30.3 Å². The molecule has 0 saturated carbocycles. The van der Waals surface area contributed by atoms with Crippen molar-refractivity contribution in [2.75, 3.05) is 0 Å². The van der Waals surface area contributed by atoms with E-state index in [0.717, 1.165) is 4.88 Å². The third kappa shape index (κ3) is 3.40. The number of hydrogen-bond acceptors (Lipinski definition) is 5. The van der Waals surface area contributed by atoms with Gasteiger partial charge in [0, 0.05) is 29.6 Å². The number of carboxylic acids is 1. The number of hydrogen-bond donors (Lipinski definition) is 2. The smallest absolute Gasteiger partial charge is 0.345 e. The molecule has 0 amide bonds. The molecule has 0 aliphatic rings. The molecule has 2 rings (SSSR count). The number of carbonyl (C=O) groups is 1. The zero-order valence-corrected chi connectivity index (χ0v) is 11.2. The molecule has 104 valence electrons. The van der Waals surface area contributed by atoms with Crippen molar-refractivity contribution in [1.82, 2.24) is 5.32 Å².